The fraction of sp³-hybridized carbons (Fsp3) is 0.579. The average Bonchev–Trinajstić information content (AvgIpc) is 3.22. The molecule has 3 rings (SSSR count). The van der Waals surface area contributed by atoms with Gasteiger partial charge in [-0.15, -0.1) is 0 Å². The van der Waals surface area contributed by atoms with Crippen LogP contribution in [-0.4, -0.2) is 62.8 Å². The van der Waals surface area contributed by atoms with Crippen molar-refractivity contribution in [3.63, 3.8) is 0 Å². The van der Waals surface area contributed by atoms with Crippen molar-refractivity contribution < 1.29 is 23.8 Å². The standard InChI is InChI=1S/C19H26N2O5/c1-24-15-10-13(11-16(12-15)25-2)19(23)21-7-5-14(6-8-21)20-18(22)17-4-3-9-26-17/h10-12,14,17H,3-9H2,1-2H3,(H,20,22). The summed E-state index contributed by atoms with van der Waals surface area (Å²) in [6, 6.07) is 5.27. The number of carbonyl (C=O) groups excluding carboxylic acids is 2. The number of methoxy groups -OCH3 is 2. The number of hydrogen-bond acceptors (Lipinski definition) is 5. The van der Waals surface area contributed by atoms with Crippen LogP contribution < -0.4 is 14.8 Å². The zero-order valence-electron chi connectivity index (χ0n) is 15.3. The summed E-state index contributed by atoms with van der Waals surface area (Å²) in [6.07, 6.45) is 2.91. The Morgan fingerprint density at radius 2 is 1.73 bits per heavy atom. The van der Waals surface area contributed by atoms with E-state index in [0.29, 0.717) is 36.8 Å². The first-order chi connectivity index (χ1) is 12.6. The third-order valence-electron chi connectivity index (χ3n) is 4.95. The Balaban J connectivity index is 1.55. The van der Waals surface area contributed by atoms with Crippen LogP contribution in [0.1, 0.15) is 36.0 Å². The molecule has 1 atom stereocenters. The van der Waals surface area contributed by atoms with Crippen molar-refractivity contribution in [1.29, 1.82) is 0 Å². The number of rotatable bonds is 5. The predicted octanol–water partition coefficient (Wildman–Crippen LogP) is 1.60. The van der Waals surface area contributed by atoms with Gasteiger partial charge in [-0.3, -0.25) is 9.59 Å². The van der Waals surface area contributed by atoms with Crippen molar-refractivity contribution in [1.82, 2.24) is 10.2 Å². The molecule has 26 heavy (non-hydrogen) atoms. The van der Waals surface area contributed by atoms with Gasteiger partial charge in [0.15, 0.2) is 0 Å². The Kier molecular flexibility index (Phi) is 5.98. The second-order valence-electron chi connectivity index (χ2n) is 6.68. The third kappa shape index (κ3) is 4.27. The lowest BCUT2D eigenvalue weighted by Gasteiger charge is -2.33. The molecule has 0 aliphatic carbocycles. The maximum Gasteiger partial charge on any atom is 0.254 e. The molecule has 2 fully saturated rings. The summed E-state index contributed by atoms with van der Waals surface area (Å²) < 4.78 is 15.9. The Bertz CT molecular complexity index is 627. The van der Waals surface area contributed by atoms with Gasteiger partial charge in [0.1, 0.15) is 17.6 Å². The normalized spacial score (nSPS) is 20.7. The molecule has 0 bridgehead atoms. The van der Waals surface area contributed by atoms with E-state index in [1.807, 2.05) is 4.90 Å². The molecule has 0 radical (unpaired) electrons. The minimum atomic E-state index is -0.307. The van der Waals surface area contributed by atoms with Crippen molar-refractivity contribution >= 4 is 11.8 Å². The summed E-state index contributed by atoms with van der Waals surface area (Å²) in [6.45, 7) is 1.87. The Morgan fingerprint density at radius 1 is 1.08 bits per heavy atom. The smallest absolute Gasteiger partial charge is 0.254 e. The number of nitrogens with zero attached hydrogens (tertiary/aromatic N) is 1. The van der Waals surface area contributed by atoms with Crippen LogP contribution in [0.15, 0.2) is 18.2 Å². The molecular weight excluding hydrogens is 336 g/mol. The molecule has 0 saturated carbocycles. The van der Waals surface area contributed by atoms with E-state index in [2.05, 4.69) is 5.32 Å². The first-order valence-corrected chi connectivity index (χ1v) is 9.05. The molecule has 2 heterocycles. The van der Waals surface area contributed by atoms with Gasteiger partial charge in [-0.1, -0.05) is 0 Å². The molecule has 7 heteroatoms. The summed E-state index contributed by atoms with van der Waals surface area (Å²) in [7, 11) is 3.12. The molecule has 2 aliphatic rings. The average molecular weight is 362 g/mol. The summed E-state index contributed by atoms with van der Waals surface area (Å²) in [5.74, 6) is 1.11. The van der Waals surface area contributed by atoms with Crippen LogP contribution in [0.2, 0.25) is 0 Å². The van der Waals surface area contributed by atoms with Crippen LogP contribution in [0, 0.1) is 0 Å². The fourth-order valence-electron chi connectivity index (χ4n) is 3.42. The van der Waals surface area contributed by atoms with Gasteiger partial charge in [-0.05, 0) is 37.8 Å². The number of benzene rings is 1. The Hall–Kier alpha value is -2.28. The zero-order valence-corrected chi connectivity index (χ0v) is 15.3. The van der Waals surface area contributed by atoms with Crippen molar-refractivity contribution in [2.24, 2.45) is 0 Å². The van der Waals surface area contributed by atoms with Crippen LogP contribution in [0.4, 0.5) is 0 Å². The van der Waals surface area contributed by atoms with Crippen LogP contribution in [0.5, 0.6) is 11.5 Å². The van der Waals surface area contributed by atoms with Gasteiger partial charge in [0.2, 0.25) is 5.91 Å². The SMILES string of the molecule is COc1cc(OC)cc(C(=O)N2CCC(NC(=O)C3CCCO3)CC2)c1. The number of piperidine rings is 1. The molecule has 0 spiro atoms. The molecule has 1 aromatic carbocycles. The van der Waals surface area contributed by atoms with Gasteiger partial charge < -0.3 is 24.4 Å². The zero-order chi connectivity index (χ0) is 18.5. The molecule has 2 amide bonds. The second kappa shape index (κ2) is 8.40. The van der Waals surface area contributed by atoms with Crippen molar-refractivity contribution in [3.05, 3.63) is 23.8 Å². The van der Waals surface area contributed by atoms with E-state index in [-0.39, 0.29) is 24.0 Å². The van der Waals surface area contributed by atoms with E-state index < -0.39 is 0 Å². The quantitative estimate of drug-likeness (QED) is 0.861. The van der Waals surface area contributed by atoms with Crippen molar-refractivity contribution in [2.75, 3.05) is 33.9 Å². The topological polar surface area (TPSA) is 77.1 Å². The highest BCUT2D eigenvalue weighted by atomic mass is 16.5. The molecule has 2 saturated heterocycles. The monoisotopic (exact) mass is 362 g/mol. The molecule has 142 valence electrons. The number of likely N-dealkylation sites (tertiary alicyclic amines) is 1. The van der Waals surface area contributed by atoms with Gasteiger partial charge in [-0.2, -0.15) is 0 Å². The van der Waals surface area contributed by atoms with Gasteiger partial charge in [0.05, 0.1) is 14.2 Å². The lowest BCUT2D eigenvalue weighted by atomic mass is 10.0. The Morgan fingerprint density at radius 3 is 2.27 bits per heavy atom. The second-order valence-corrected chi connectivity index (χ2v) is 6.68. The molecular formula is C19H26N2O5. The highest BCUT2D eigenvalue weighted by Crippen LogP contribution is 2.24. The van der Waals surface area contributed by atoms with E-state index in [1.165, 1.54) is 0 Å². The van der Waals surface area contributed by atoms with E-state index >= 15 is 0 Å². The van der Waals surface area contributed by atoms with Crippen LogP contribution in [-0.2, 0) is 9.53 Å². The molecule has 1 unspecified atom stereocenters. The third-order valence-corrected chi connectivity index (χ3v) is 4.95. The molecule has 1 aromatic rings. The summed E-state index contributed by atoms with van der Waals surface area (Å²) in [4.78, 5) is 26.7. The minimum absolute atomic E-state index is 0.0233. The Labute approximate surface area is 153 Å². The summed E-state index contributed by atoms with van der Waals surface area (Å²) in [5.41, 5.74) is 0.544. The van der Waals surface area contributed by atoms with Crippen LogP contribution in [0.25, 0.3) is 0 Å². The fourth-order valence-corrected chi connectivity index (χ4v) is 3.42. The summed E-state index contributed by atoms with van der Waals surface area (Å²) >= 11 is 0. The molecule has 2 aliphatic heterocycles. The summed E-state index contributed by atoms with van der Waals surface area (Å²) in [5, 5.41) is 3.05. The van der Waals surface area contributed by atoms with Crippen molar-refractivity contribution in [2.45, 2.75) is 37.8 Å². The highest BCUT2D eigenvalue weighted by molar-refractivity contribution is 5.95. The lowest BCUT2D eigenvalue weighted by molar-refractivity contribution is -0.131. The number of hydrogen-bond donors (Lipinski definition) is 1. The molecule has 1 N–H and O–H groups in total. The minimum Gasteiger partial charge on any atom is -0.497 e. The van der Waals surface area contributed by atoms with E-state index in [4.69, 9.17) is 14.2 Å². The van der Waals surface area contributed by atoms with E-state index in [0.717, 1.165) is 25.7 Å². The van der Waals surface area contributed by atoms with Gasteiger partial charge in [0.25, 0.3) is 5.91 Å². The van der Waals surface area contributed by atoms with Crippen LogP contribution >= 0.6 is 0 Å². The molecule has 0 aromatic heterocycles. The number of amides is 2. The molecule has 7 nitrogen and oxygen atoms in total. The first-order valence-electron chi connectivity index (χ1n) is 9.05. The number of ether oxygens (including phenoxy) is 3. The van der Waals surface area contributed by atoms with Gasteiger partial charge in [-0.25, -0.2) is 0 Å². The first kappa shape index (κ1) is 18.5. The lowest BCUT2D eigenvalue weighted by Crippen LogP contribution is -2.48. The number of carbonyl (C=O) groups is 2. The van der Waals surface area contributed by atoms with E-state index in [1.54, 1.807) is 32.4 Å². The highest BCUT2D eigenvalue weighted by Gasteiger charge is 2.29. The van der Waals surface area contributed by atoms with Crippen molar-refractivity contribution in [3.8, 4) is 11.5 Å². The predicted molar refractivity (Wildman–Crippen MR) is 95.6 cm³/mol. The number of nitrogens with one attached hydrogen (secondary N) is 1. The van der Waals surface area contributed by atoms with E-state index in [9.17, 15) is 9.59 Å². The van der Waals surface area contributed by atoms with Gasteiger partial charge >= 0.3 is 0 Å². The van der Waals surface area contributed by atoms with Crippen LogP contribution in [0.3, 0.4) is 0 Å². The maximum absolute atomic E-state index is 12.8. The maximum atomic E-state index is 12.8. The largest absolute Gasteiger partial charge is 0.497 e. The van der Waals surface area contributed by atoms with Gasteiger partial charge in [0, 0.05) is 37.4 Å².